The Hall–Kier alpha value is -4.24. The number of carbonyl (C=O) groups excluding carboxylic acids is 2. The molecule has 1 aliphatic heterocycles. The number of allylic oxidation sites excluding steroid dienone is 2. The van der Waals surface area contributed by atoms with Gasteiger partial charge in [-0.25, -0.2) is 4.39 Å². The third-order valence-corrected chi connectivity index (χ3v) is 5.58. The van der Waals surface area contributed by atoms with Crippen molar-refractivity contribution in [3.8, 4) is 0 Å². The molecule has 0 saturated heterocycles. The number of fused-ring (bicyclic) bond motifs is 1. The van der Waals surface area contributed by atoms with Crippen molar-refractivity contribution in [3.05, 3.63) is 113 Å². The Labute approximate surface area is 203 Å². The second kappa shape index (κ2) is 10.2. The summed E-state index contributed by atoms with van der Waals surface area (Å²) in [5.74, 6) is -1.49. The Morgan fingerprint density at radius 1 is 1.00 bits per heavy atom. The molecule has 3 aromatic carbocycles. The number of hydrogen-bond acceptors (Lipinski definition) is 3. The molecule has 0 bridgehead atoms. The molecule has 2 amide bonds. The molecule has 36 heavy (non-hydrogen) atoms. The summed E-state index contributed by atoms with van der Waals surface area (Å²) < 4.78 is 52.3. The van der Waals surface area contributed by atoms with E-state index >= 15 is 0 Å². The minimum absolute atomic E-state index is 0.0455. The molecule has 184 valence electrons. The van der Waals surface area contributed by atoms with Crippen molar-refractivity contribution in [2.45, 2.75) is 18.7 Å². The first kappa shape index (κ1) is 24.9. The average Bonchev–Trinajstić information content (AvgIpc) is 2.83. The van der Waals surface area contributed by atoms with Gasteiger partial charge in [0.15, 0.2) is 0 Å². The molecule has 0 radical (unpaired) electrons. The number of amides is 2. The predicted molar refractivity (Wildman–Crippen MR) is 127 cm³/mol. The maximum Gasteiger partial charge on any atom is 0.416 e. The summed E-state index contributed by atoms with van der Waals surface area (Å²) in [4.78, 5) is 24.2. The van der Waals surface area contributed by atoms with Crippen LogP contribution in [0.3, 0.4) is 0 Å². The number of carbonyl (C=O) groups is 2. The lowest BCUT2D eigenvalue weighted by atomic mass is 9.96. The van der Waals surface area contributed by atoms with Crippen molar-refractivity contribution in [1.29, 1.82) is 0 Å². The van der Waals surface area contributed by atoms with E-state index in [9.17, 15) is 32.3 Å². The largest absolute Gasteiger partial charge is 0.416 e. The Morgan fingerprint density at radius 2 is 1.64 bits per heavy atom. The van der Waals surface area contributed by atoms with Gasteiger partial charge < -0.3 is 15.7 Å². The number of aliphatic hydroxyl groups is 1. The van der Waals surface area contributed by atoms with Gasteiger partial charge in [-0.1, -0.05) is 42.5 Å². The highest BCUT2D eigenvalue weighted by atomic mass is 19.4. The minimum atomic E-state index is -4.48. The molecule has 9 heteroatoms. The second-order valence-electron chi connectivity index (χ2n) is 8.05. The van der Waals surface area contributed by atoms with Gasteiger partial charge in [-0.2, -0.15) is 13.2 Å². The van der Waals surface area contributed by atoms with E-state index < -0.39 is 35.5 Å². The average molecular weight is 496 g/mol. The fourth-order valence-electron chi connectivity index (χ4n) is 3.78. The first-order chi connectivity index (χ1) is 17.1. The maximum absolute atomic E-state index is 13.4. The van der Waals surface area contributed by atoms with E-state index in [4.69, 9.17) is 0 Å². The van der Waals surface area contributed by atoms with Gasteiger partial charge in [0, 0.05) is 29.4 Å². The van der Waals surface area contributed by atoms with E-state index in [-0.39, 0.29) is 6.42 Å². The number of alkyl halides is 3. The van der Waals surface area contributed by atoms with Crippen LogP contribution in [0, 0.1) is 5.82 Å². The van der Waals surface area contributed by atoms with Crippen LogP contribution in [-0.2, 0) is 22.2 Å². The number of anilines is 2. The van der Waals surface area contributed by atoms with Crippen LogP contribution in [0.1, 0.15) is 22.3 Å². The summed E-state index contributed by atoms with van der Waals surface area (Å²) in [7, 11) is 0. The number of hydrogen-bond donors (Lipinski definition) is 3. The Morgan fingerprint density at radius 3 is 2.28 bits per heavy atom. The number of benzene rings is 3. The summed E-state index contributed by atoms with van der Waals surface area (Å²) >= 11 is 0. The smallest absolute Gasteiger partial charge is 0.383 e. The fourth-order valence-corrected chi connectivity index (χ4v) is 3.78. The number of aliphatic hydroxyl groups excluding tert-OH is 1. The van der Waals surface area contributed by atoms with Crippen molar-refractivity contribution < 1.29 is 32.3 Å². The van der Waals surface area contributed by atoms with Crippen LogP contribution in [0.2, 0.25) is 0 Å². The van der Waals surface area contributed by atoms with Crippen LogP contribution in [-0.4, -0.2) is 23.0 Å². The Bertz CT molecular complexity index is 1340. The maximum atomic E-state index is 13.4. The van der Waals surface area contributed by atoms with Crippen LogP contribution in [0.4, 0.5) is 28.9 Å². The monoisotopic (exact) mass is 496 g/mol. The molecule has 4 rings (SSSR count). The SMILES string of the molecule is O=C(C=CC=C(c1ccc(F)cc1)c1ccc(C(F)(F)F)cc1)Nc1cccc2c1CC(O)C(=O)N2. The Balaban J connectivity index is 1.58. The van der Waals surface area contributed by atoms with Crippen molar-refractivity contribution in [2.24, 2.45) is 0 Å². The highest BCUT2D eigenvalue weighted by Crippen LogP contribution is 2.32. The molecule has 0 saturated carbocycles. The first-order valence-electron chi connectivity index (χ1n) is 10.9. The topological polar surface area (TPSA) is 78.4 Å². The molecule has 1 aliphatic rings. The molecule has 0 fully saturated rings. The van der Waals surface area contributed by atoms with Crippen molar-refractivity contribution >= 4 is 28.8 Å². The minimum Gasteiger partial charge on any atom is -0.383 e. The first-order valence-corrected chi connectivity index (χ1v) is 10.9. The van der Waals surface area contributed by atoms with Crippen LogP contribution in [0.15, 0.2) is 85.0 Å². The van der Waals surface area contributed by atoms with Gasteiger partial charge in [-0.15, -0.1) is 0 Å². The van der Waals surface area contributed by atoms with Gasteiger partial charge in [0.2, 0.25) is 5.91 Å². The lowest BCUT2D eigenvalue weighted by Gasteiger charge is -2.23. The second-order valence-corrected chi connectivity index (χ2v) is 8.05. The molecule has 0 spiro atoms. The van der Waals surface area contributed by atoms with E-state index in [2.05, 4.69) is 10.6 Å². The molecular weight excluding hydrogens is 476 g/mol. The van der Waals surface area contributed by atoms with Crippen molar-refractivity contribution in [3.63, 3.8) is 0 Å². The third-order valence-electron chi connectivity index (χ3n) is 5.58. The van der Waals surface area contributed by atoms with Gasteiger partial charge in [0.05, 0.1) is 5.56 Å². The standard InChI is InChI=1S/C27H20F4N2O3/c28-19-13-9-17(10-14-19)20(16-7-11-18(12-8-16)27(29,30)31)3-1-6-25(35)32-22-4-2-5-23-21(22)15-24(34)26(36)33-23/h1-14,24,34H,15H2,(H,32,35)(H,33,36). The lowest BCUT2D eigenvalue weighted by molar-refractivity contribution is -0.137. The summed E-state index contributed by atoms with van der Waals surface area (Å²) in [5.41, 5.74) is 2.17. The van der Waals surface area contributed by atoms with Crippen molar-refractivity contribution in [1.82, 2.24) is 0 Å². The summed E-state index contributed by atoms with van der Waals surface area (Å²) in [6.07, 6.45) is -1.46. The van der Waals surface area contributed by atoms with E-state index in [1.165, 1.54) is 48.6 Å². The van der Waals surface area contributed by atoms with Crippen LogP contribution in [0.5, 0.6) is 0 Å². The zero-order valence-electron chi connectivity index (χ0n) is 18.6. The fraction of sp³-hybridized carbons (Fsp3) is 0.111. The molecule has 5 nitrogen and oxygen atoms in total. The normalized spacial score (nSPS) is 16.0. The van der Waals surface area contributed by atoms with Crippen LogP contribution < -0.4 is 10.6 Å². The molecule has 1 atom stereocenters. The number of halogens is 4. The van der Waals surface area contributed by atoms with Gasteiger partial charge in [-0.05, 0) is 53.1 Å². The molecular formula is C27H20F4N2O3. The van der Waals surface area contributed by atoms with Gasteiger partial charge in [-0.3, -0.25) is 9.59 Å². The van der Waals surface area contributed by atoms with E-state index in [1.807, 2.05) is 0 Å². The summed E-state index contributed by atoms with van der Waals surface area (Å²) in [6.45, 7) is 0. The van der Waals surface area contributed by atoms with Gasteiger partial charge in [0.1, 0.15) is 11.9 Å². The third kappa shape index (κ3) is 5.69. The van der Waals surface area contributed by atoms with E-state index in [0.717, 1.165) is 12.1 Å². The molecule has 1 heterocycles. The van der Waals surface area contributed by atoms with Crippen molar-refractivity contribution in [2.75, 3.05) is 10.6 Å². The molecule has 3 N–H and O–H groups in total. The number of nitrogens with one attached hydrogen (secondary N) is 2. The Kier molecular flexibility index (Phi) is 7.03. The summed E-state index contributed by atoms with van der Waals surface area (Å²) in [5, 5.41) is 15.1. The molecule has 1 unspecified atom stereocenters. The molecule has 0 aliphatic carbocycles. The van der Waals surface area contributed by atoms with E-state index in [1.54, 1.807) is 24.3 Å². The highest BCUT2D eigenvalue weighted by Gasteiger charge is 2.30. The molecule has 0 aromatic heterocycles. The zero-order valence-corrected chi connectivity index (χ0v) is 18.6. The highest BCUT2D eigenvalue weighted by molar-refractivity contribution is 6.03. The lowest BCUT2D eigenvalue weighted by Crippen LogP contribution is -2.34. The quantitative estimate of drug-likeness (QED) is 0.254. The zero-order chi connectivity index (χ0) is 25.9. The number of rotatable bonds is 5. The van der Waals surface area contributed by atoms with Crippen LogP contribution >= 0.6 is 0 Å². The van der Waals surface area contributed by atoms with Gasteiger partial charge >= 0.3 is 6.18 Å². The van der Waals surface area contributed by atoms with Gasteiger partial charge in [0.25, 0.3) is 5.91 Å². The summed E-state index contributed by atoms with van der Waals surface area (Å²) in [6, 6.07) is 14.9. The van der Waals surface area contributed by atoms with Crippen LogP contribution in [0.25, 0.3) is 5.57 Å². The molecule has 3 aromatic rings. The predicted octanol–water partition coefficient (Wildman–Crippen LogP) is 5.33. The van der Waals surface area contributed by atoms with E-state index in [0.29, 0.717) is 33.6 Å².